The van der Waals surface area contributed by atoms with Crippen molar-refractivity contribution in [3.05, 3.63) is 33.3 Å². The molecule has 1 aromatic carbocycles. The van der Waals surface area contributed by atoms with Gasteiger partial charge in [0.05, 0.1) is 10.6 Å². The molecule has 0 radical (unpaired) electrons. The first kappa shape index (κ1) is 12.7. The van der Waals surface area contributed by atoms with Gasteiger partial charge in [0.25, 0.3) is 0 Å². The van der Waals surface area contributed by atoms with Crippen LogP contribution in [0.5, 0.6) is 0 Å². The molecule has 0 saturated heterocycles. The average Bonchev–Trinajstić information content (AvgIpc) is 2.00. The minimum absolute atomic E-state index is 0.377. The van der Waals surface area contributed by atoms with Crippen LogP contribution in [0.2, 0.25) is 5.02 Å². The third-order valence-corrected chi connectivity index (χ3v) is 2.61. The predicted octanol–water partition coefficient (Wildman–Crippen LogP) is 4.76. The number of alkyl halides is 5. The van der Waals surface area contributed by atoms with Gasteiger partial charge in [0.1, 0.15) is 0 Å². The summed E-state index contributed by atoms with van der Waals surface area (Å²) in [7, 11) is 0. The summed E-state index contributed by atoms with van der Waals surface area (Å²) >= 11 is 7.92. The Kier molecular flexibility index (Phi) is 3.30. The van der Waals surface area contributed by atoms with E-state index < -0.39 is 22.7 Å². The standard InChI is InChI=1S/C8H3BrClF5/c9-4-2-1-3-5(10)6(4)7(11,12)8(13,14)15/h1-3H. The molecule has 0 aliphatic heterocycles. The Labute approximate surface area is 95.2 Å². The van der Waals surface area contributed by atoms with E-state index in [4.69, 9.17) is 11.6 Å². The van der Waals surface area contributed by atoms with Crippen LogP contribution in [0.4, 0.5) is 22.0 Å². The van der Waals surface area contributed by atoms with Crippen molar-refractivity contribution in [2.45, 2.75) is 12.1 Å². The number of hydrogen-bond acceptors (Lipinski definition) is 0. The second-order valence-corrected chi connectivity index (χ2v) is 3.93. The van der Waals surface area contributed by atoms with E-state index in [1.165, 1.54) is 6.07 Å². The zero-order valence-electron chi connectivity index (χ0n) is 6.88. The normalized spacial score (nSPS) is 13.0. The van der Waals surface area contributed by atoms with Crippen LogP contribution in [0.1, 0.15) is 5.56 Å². The fourth-order valence-electron chi connectivity index (χ4n) is 0.940. The fraction of sp³-hybridized carbons (Fsp3) is 0.250. The number of halogens is 7. The Morgan fingerprint density at radius 1 is 1.07 bits per heavy atom. The van der Waals surface area contributed by atoms with E-state index in [0.29, 0.717) is 0 Å². The van der Waals surface area contributed by atoms with Gasteiger partial charge in [-0.1, -0.05) is 33.6 Å². The van der Waals surface area contributed by atoms with Crippen LogP contribution < -0.4 is 0 Å². The van der Waals surface area contributed by atoms with Crippen molar-refractivity contribution >= 4 is 27.5 Å². The van der Waals surface area contributed by atoms with E-state index in [0.717, 1.165) is 12.1 Å². The highest BCUT2D eigenvalue weighted by molar-refractivity contribution is 9.10. The maximum absolute atomic E-state index is 12.9. The molecular weight excluding hydrogens is 306 g/mol. The first-order valence-electron chi connectivity index (χ1n) is 3.57. The van der Waals surface area contributed by atoms with Crippen molar-refractivity contribution in [1.29, 1.82) is 0 Å². The summed E-state index contributed by atoms with van der Waals surface area (Å²) in [6, 6.07) is 3.31. The molecule has 0 unspecified atom stereocenters. The molecule has 0 saturated carbocycles. The van der Waals surface area contributed by atoms with E-state index in [2.05, 4.69) is 15.9 Å². The van der Waals surface area contributed by atoms with Gasteiger partial charge in [0, 0.05) is 4.47 Å². The van der Waals surface area contributed by atoms with Gasteiger partial charge in [-0.2, -0.15) is 22.0 Å². The first-order chi connectivity index (χ1) is 6.68. The Balaban J connectivity index is 3.39. The van der Waals surface area contributed by atoms with Gasteiger partial charge in [-0.15, -0.1) is 0 Å². The molecule has 0 heterocycles. The maximum Gasteiger partial charge on any atom is 0.458 e. The molecule has 1 rings (SSSR count). The minimum Gasteiger partial charge on any atom is -0.191 e. The Morgan fingerprint density at radius 2 is 1.60 bits per heavy atom. The summed E-state index contributed by atoms with van der Waals surface area (Å²) in [5.74, 6) is -4.97. The van der Waals surface area contributed by atoms with Gasteiger partial charge in [0.2, 0.25) is 0 Å². The molecule has 7 heteroatoms. The monoisotopic (exact) mass is 308 g/mol. The molecule has 1 aromatic rings. The van der Waals surface area contributed by atoms with E-state index in [-0.39, 0.29) is 4.47 Å². The molecule has 0 bridgehead atoms. The number of benzene rings is 1. The molecular formula is C8H3BrClF5. The third-order valence-electron chi connectivity index (χ3n) is 1.63. The maximum atomic E-state index is 12.9. The highest BCUT2D eigenvalue weighted by Crippen LogP contribution is 2.48. The Bertz CT molecular complexity index is 354. The second kappa shape index (κ2) is 3.90. The zero-order valence-corrected chi connectivity index (χ0v) is 9.22. The molecule has 0 aromatic heterocycles. The van der Waals surface area contributed by atoms with E-state index >= 15 is 0 Å². The quantitative estimate of drug-likeness (QED) is 0.656. The predicted molar refractivity (Wildman–Crippen MR) is 49.1 cm³/mol. The van der Waals surface area contributed by atoms with Crippen molar-refractivity contribution in [3.8, 4) is 0 Å². The minimum atomic E-state index is -5.67. The zero-order chi connectivity index (χ0) is 11.9. The molecule has 0 atom stereocenters. The van der Waals surface area contributed by atoms with Gasteiger partial charge in [-0.05, 0) is 12.1 Å². The molecule has 15 heavy (non-hydrogen) atoms. The fourth-order valence-corrected chi connectivity index (χ4v) is 1.96. The van der Waals surface area contributed by atoms with Gasteiger partial charge < -0.3 is 0 Å². The average molecular weight is 309 g/mol. The van der Waals surface area contributed by atoms with Gasteiger partial charge in [0.15, 0.2) is 0 Å². The second-order valence-electron chi connectivity index (χ2n) is 2.67. The molecule has 0 fully saturated rings. The van der Waals surface area contributed by atoms with Crippen LogP contribution in [0.25, 0.3) is 0 Å². The summed E-state index contributed by atoms with van der Waals surface area (Å²) in [5.41, 5.74) is -1.26. The van der Waals surface area contributed by atoms with Crippen molar-refractivity contribution < 1.29 is 22.0 Å². The summed E-state index contributed by atoms with van der Waals surface area (Å²) in [5, 5.41) is -0.633. The lowest BCUT2D eigenvalue weighted by atomic mass is 10.1. The number of hydrogen-bond donors (Lipinski definition) is 0. The molecule has 0 aliphatic carbocycles. The lowest BCUT2D eigenvalue weighted by Gasteiger charge is -2.21. The van der Waals surface area contributed by atoms with Crippen LogP contribution in [-0.4, -0.2) is 6.18 Å². The van der Waals surface area contributed by atoms with Crippen LogP contribution in [0.15, 0.2) is 22.7 Å². The largest absolute Gasteiger partial charge is 0.458 e. The lowest BCUT2D eigenvalue weighted by molar-refractivity contribution is -0.289. The van der Waals surface area contributed by atoms with Gasteiger partial charge in [-0.3, -0.25) is 0 Å². The number of rotatable bonds is 1. The molecule has 0 N–H and O–H groups in total. The summed E-state index contributed by atoms with van der Waals surface area (Å²) < 4.78 is 61.7. The first-order valence-corrected chi connectivity index (χ1v) is 4.74. The molecule has 84 valence electrons. The van der Waals surface area contributed by atoms with E-state index in [1.807, 2.05) is 0 Å². The summed E-state index contributed by atoms with van der Waals surface area (Å²) in [4.78, 5) is 0. The highest BCUT2D eigenvalue weighted by atomic mass is 79.9. The van der Waals surface area contributed by atoms with Crippen molar-refractivity contribution in [2.24, 2.45) is 0 Å². The SMILES string of the molecule is FC(F)(F)C(F)(F)c1c(Cl)cccc1Br. The topological polar surface area (TPSA) is 0 Å². The lowest BCUT2D eigenvalue weighted by Crippen LogP contribution is -2.34. The van der Waals surface area contributed by atoms with Gasteiger partial charge in [-0.25, -0.2) is 0 Å². The molecule has 0 amide bonds. The smallest absolute Gasteiger partial charge is 0.191 e. The van der Waals surface area contributed by atoms with Crippen LogP contribution in [0, 0.1) is 0 Å². The van der Waals surface area contributed by atoms with E-state index in [1.54, 1.807) is 0 Å². The molecule has 0 aliphatic rings. The van der Waals surface area contributed by atoms with E-state index in [9.17, 15) is 22.0 Å². The summed E-state index contributed by atoms with van der Waals surface area (Å²) in [6.45, 7) is 0. The molecule has 0 spiro atoms. The van der Waals surface area contributed by atoms with Crippen molar-refractivity contribution in [2.75, 3.05) is 0 Å². The van der Waals surface area contributed by atoms with Crippen molar-refractivity contribution in [1.82, 2.24) is 0 Å². The third kappa shape index (κ3) is 2.25. The molecule has 0 nitrogen and oxygen atoms in total. The Morgan fingerprint density at radius 3 is 2.00 bits per heavy atom. The highest BCUT2D eigenvalue weighted by Gasteiger charge is 2.60. The Hall–Kier alpha value is -0.360. The summed E-state index contributed by atoms with van der Waals surface area (Å²) in [6.07, 6.45) is -5.67. The van der Waals surface area contributed by atoms with Crippen LogP contribution in [-0.2, 0) is 5.92 Å². The van der Waals surface area contributed by atoms with Crippen molar-refractivity contribution in [3.63, 3.8) is 0 Å². The van der Waals surface area contributed by atoms with Crippen LogP contribution >= 0.6 is 27.5 Å². The van der Waals surface area contributed by atoms with Crippen LogP contribution in [0.3, 0.4) is 0 Å². The van der Waals surface area contributed by atoms with Gasteiger partial charge >= 0.3 is 12.1 Å².